The summed E-state index contributed by atoms with van der Waals surface area (Å²) in [6.45, 7) is 4.54. The number of nitrogens with zero attached hydrogens (tertiary/aromatic N) is 2. The minimum atomic E-state index is -5.21. The van der Waals surface area contributed by atoms with Crippen LogP contribution in [0.3, 0.4) is 0 Å². The van der Waals surface area contributed by atoms with E-state index < -0.39 is 30.6 Å². The van der Waals surface area contributed by atoms with E-state index in [2.05, 4.69) is 11.7 Å². The zero-order chi connectivity index (χ0) is 24.7. The highest BCUT2D eigenvalue weighted by molar-refractivity contribution is 6.10. The summed E-state index contributed by atoms with van der Waals surface area (Å²) >= 11 is 0. The van der Waals surface area contributed by atoms with E-state index in [1.165, 1.54) is 25.1 Å². The Morgan fingerprint density at radius 1 is 1.18 bits per heavy atom. The molecule has 1 heterocycles. The molecule has 0 aliphatic carbocycles. The molecule has 0 radical (unpaired) electrons. The number of benzene rings is 2. The van der Waals surface area contributed by atoms with Crippen LogP contribution in [0.25, 0.3) is 0 Å². The molecule has 0 bridgehead atoms. The van der Waals surface area contributed by atoms with Crippen molar-refractivity contribution in [3.63, 3.8) is 0 Å². The van der Waals surface area contributed by atoms with Gasteiger partial charge in [-0.1, -0.05) is 60.3 Å². The molecule has 180 valence electrons. The van der Waals surface area contributed by atoms with E-state index in [9.17, 15) is 22.8 Å². The van der Waals surface area contributed by atoms with Crippen LogP contribution in [-0.4, -0.2) is 48.4 Å². The van der Waals surface area contributed by atoms with Gasteiger partial charge < -0.3 is 19.2 Å². The van der Waals surface area contributed by atoms with Gasteiger partial charge in [-0.3, -0.25) is 4.79 Å². The summed E-state index contributed by atoms with van der Waals surface area (Å²) in [5.41, 5.74) is 1.14. The van der Waals surface area contributed by atoms with Crippen molar-refractivity contribution in [2.45, 2.75) is 25.7 Å². The highest BCUT2D eigenvalue weighted by Crippen LogP contribution is 2.38. The van der Waals surface area contributed by atoms with Gasteiger partial charge in [0.25, 0.3) is 0 Å². The summed E-state index contributed by atoms with van der Waals surface area (Å²) in [5, 5.41) is 4.04. The zero-order valence-electron chi connectivity index (χ0n) is 18.4. The number of esters is 1. The van der Waals surface area contributed by atoms with Crippen LogP contribution in [0.15, 0.2) is 66.3 Å². The molecule has 0 N–H and O–H groups in total. The molecule has 7 nitrogen and oxygen atoms in total. The lowest BCUT2D eigenvalue weighted by Gasteiger charge is -2.36. The number of ether oxygens (including phenoxy) is 2. The van der Waals surface area contributed by atoms with Crippen LogP contribution in [0.1, 0.15) is 29.7 Å². The summed E-state index contributed by atoms with van der Waals surface area (Å²) in [6, 6.07) is 11.9. The number of hydrogen-bond donors (Lipinski definition) is 0. The van der Waals surface area contributed by atoms with Gasteiger partial charge in [0.15, 0.2) is 6.04 Å². The Morgan fingerprint density at radius 3 is 2.56 bits per heavy atom. The first-order valence-corrected chi connectivity index (χ1v) is 10.4. The maximum absolute atomic E-state index is 13.4. The molecule has 0 fully saturated rings. The first-order valence-electron chi connectivity index (χ1n) is 10.4. The lowest BCUT2D eigenvalue weighted by molar-refractivity contribution is -0.190. The number of amides is 1. The van der Waals surface area contributed by atoms with Crippen LogP contribution < -0.4 is 4.74 Å². The van der Waals surface area contributed by atoms with Crippen LogP contribution in [0.5, 0.6) is 5.75 Å². The van der Waals surface area contributed by atoms with Crippen molar-refractivity contribution in [1.29, 1.82) is 0 Å². The number of fused-ring (bicyclic) bond motifs is 1. The second-order valence-electron chi connectivity index (χ2n) is 7.20. The fourth-order valence-corrected chi connectivity index (χ4v) is 3.51. The molecule has 0 spiro atoms. The quantitative estimate of drug-likeness (QED) is 0.325. The average molecular weight is 476 g/mol. The Kier molecular flexibility index (Phi) is 7.93. The van der Waals surface area contributed by atoms with Gasteiger partial charge in [-0.2, -0.15) is 13.2 Å². The van der Waals surface area contributed by atoms with Crippen molar-refractivity contribution in [2.75, 3.05) is 19.8 Å². The van der Waals surface area contributed by atoms with Crippen LogP contribution in [0.2, 0.25) is 0 Å². The Bertz CT molecular complexity index is 1070. The first-order chi connectivity index (χ1) is 16.3. The summed E-state index contributed by atoms with van der Waals surface area (Å²) < 4.78 is 51.0. The smallest absolute Gasteiger partial charge is 0.471 e. The van der Waals surface area contributed by atoms with Gasteiger partial charge in [0, 0.05) is 5.56 Å². The zero-order valence-corrected chi connectivity index (χ0v) is 18.4. The highest BCUT2D eigenvalue weighted by atomic mass is 19.4. The largest absolute Gasteiger partial charge is 0.489 e. The molecule has 0 saturated heterocycles. The van der Waals surface area contributed by atoms with E-state index in [1.807, 2.05) is 6.07 Å². The van der Waals surface area contributed by atoms with E-state index in [0.29, 0.717) is 4.90 Å². The molecule has 1 aliphatic heterocycles. The van der Waals surface area contributed by atoms with Crippen LogP contribution in [-0.2, 0) is 25.8 Å². The van der Waals surface area contributed by atoms with Crippen molar-refractivity contribution >= 4 is 17.6 Å². The van der Waals surface area contributed by atoms with E-state index >= 15 is 0 Å². The number of oxime groups is 1. The minimum Gasteiger partial charge on any atom is -0.489 e. The third-order valence-corrected chi connectivity index (χ3v) is 4.89. The van der Waals surface area contributed by atoms with Gasteiger partial charge in [-0.25, -0.2) is 4.79 Å². The van der Waals surface area contributed by atoms with Crippen molar-refractivity contribution in [3.05, 3.63) is 77.9 Å². The molecule has 1 amide bonds. The molecule has 1 atom stereocenters. The summed E-state index contributed by atoms with van der Waals surface area (Å²) in [5.74, 6) is -2.93. The van der Waals surface area contributed by atoms with Gasteiger partial charge in [0.1, 0.15) is 24.7 Å². The number of hydrogen-bond acceptors (Lipinski definition) is 6. The second kappa shape index (κ2) is 10.9. The SMILES string of the molecule is C=CCOc1cccc2c1C(=NOCc1ccccc1)CN(C(=O)C(F)(F)F)C2C(=O)OCC. The lowest BCUT2D eigenvalue weighted by atomic mass is 9.90. The molecule has 2 aromatic rings. The van der Waals surface area contributed by atoms with Gasteiger partial charge >= 0.3 is 18.1 Å². The maximum Gasteiger partial charge on any atom is 0.471 e. The number of carbonyl (C=O) groups is 2. The van der Waals surface area contributed by atoms with E-state index in [1.54, 1.807) is 30.3 Å². The minimum absolute atomic E-state index is 0.00346. The topological polar surface area (TPSA) is 77.4 Å². The predicted molar refractivity (Wildman–Crippen MR) is 117 cm³/mol. The number of halogens is 3. The van der Waals surface area contributed by atoms with Gasteiger partial charge in [0.05, 0.1) is 13.2 Å². The molecule has 2 aromatic carbocycles. The van der Waals surface area contributed by atoms with Crippen molar-refractivity contribution in [1.82, 2.24) is 4.90 Å². The molecule has 10 heteroatoms. The second-order valence-corrected chi connectivity index (χ2v) is 7.20. The highest BCUT2D eigenvalue weighted by Gasteiger charge is 2.50. The fourth-order valence-electron chi connectivity index (χ4n) is 3.51. The molecule has 1 unspecified atom stereocenters. The number of carbonyl (C=O) groups excluding carboxylic acids is 2. The summed E-state index contributed by atoms with van der Waals surface area (Å²) in [7, 11) is 0. The van der Waals surface area contributed by atoms with Gasteiger partial charge in [-0.05, 0) is 24.1 Å². The molecule has 0 saturated carbocycles. The van der Waals surface area contributed by atoms with Gasteiger partial charge in [-0.15, -0.1) is 0 Å². The normalized spacial score (nSPS) is 16.5. The molecule has 3 rings (SSSR count). The van der Waals surface area contributed by atoms with Crippen LogP contribution in [0, 0.1) is 0 Å². The molecular weight excluding hydrogens is 453 g/mol. The predicted octanol–water partition coefficient (Wildman–Crippen LogP) is 4.18. The van der Waals surface area contributed by atoms with Crippen molar-refractivity contribution in [3.8, 4) is 5.75 Å². The van der Waals surface area contributed by atoms with E-state index in [4.69, 9.17) is 14.3 Å². The lowest BCUT2D eigenvalue weighted by Crippen LogP contribution is -2.51. The Morgan fingerprint density at radius 2 is 1.91 bits per heavy atom. The van der Waals surface area contributed by atoms with Crippen molar-refractivity contribution < 1.29 is 37.1 Å². The fraction of sp³-hybridized carbons (Fsp3) is 0.292. The Hall–Kier alpha value is -3.82. The molecule has 0 aromatic heterocycles. The van der Waals surface area contributed by atoms with Crippen molar-refractivity contribution in [2.24, 2.45) is 5.16 Å². The summed E-state index contributed by atoms with van der Waals surface area (Å²) in [4.78, 5) is 30.8. The van der Waals surface area contributed by atoms with E-state index in [0.717, 1.165) is 5.56 Å². The van der Waals surface area contributed by atoms with Crippen LogP contribution in [0.4, 0.5) is 13.2 Å². The van der Waals surface area contributed by atoms with E-state index in [-0.39, 0.29) is 42.4 Å². The molecule has 34 heavy (non-hydrogen) atoms. The van der Waals surface area contributed by atoms with Crippen LogP contribution >= 0.6 is 0 Å². The summed E-state index contributed by atoms with van der Waals surface area (Å²) in [6.07, 6.45) is -3.72. The third-order valence-electron chi connectivity index (χ3n) is 4.89. The number of rotatable bonds is 8. The average Bonchev–Trinajstić information content (AvgIpc) is 2.81. The molecular formula is C24H23F3N2O5. The Labute approximate surface area is 194 Å². The third kappa shape index (κ3) is 5.56. The monoisotopic (exact) mass is 476 g/mol. The maximum atomic E-state index is 13.4. The first kappa shape index (κ1) is 24.8. The van der Waals surface area contributed by atoms with Gasteiger partial charge in [0.2, 0.25) is 0 Å². The standard InChI is InChI=1S/C24H23F3N2O5/c1-3-13-33-19-12-8-11-17-20(19)18(28-34-15-16-9-6-5-7-10-16)14-29(23(31)24(25,26)27)21(17)22(30)32-4-2/h3,5-12,21H,1,4,13-15H2,2H3. The molecule has 1 aliphatic rings. The number of alkyl halides is 3. The Balaban J connectivity index is 2.10.